The maximum absolute atomic E-state index is 11.6. The predicted molar refractivity (Wildman–Crippen MR) is 86.8 cm³/mol. The highest BCUT2D eigenvalue weighted by molar-refractivity contribution is 5.78. The molecule has 0 fully saturated rings. The summed E-state index contributed by atoms with van der Waals surface area (Å²) in [6.45, 7) is 3.48. The van der Waals surface area contributed by atoms with Gasteiger partial charge in [-0.25, -0.2) is 0 Å². The van der Waals surface area contributed by atoms with Gasteiger partial charge in [-0.1, -0.05) is 17.7 Å². The number of nitriles is 1. The van der Waals surface area contributed by atoms with Crippen LogP contribution in [0.1, 0.15) is 31.2 Å². The van der Waals surface area contributed by atoms with Gasteiger partial charge in [0.25, 0.3) is 0 Å². The molecule has 1 rings (SSSR count). The lowest BCUT2D eigenvalue weighted by atomic mass is 10.2. The number of nitrogens with zero attached hydrogens (tertiary/aromatic N) is 1. The summed E-state index contributed by atoms with van der Waals surface area (Å²) in [4.78, 5) is 22.6. The molecule has 0 aromatic heterocycles. The van der Waals surface area contributed by atoms with E-state index in [1.807, 2.05) is 31.2 Å². The van der Waals surface area contributed by atoms with Crippen molar-refractivity contribution in [2.24, 2.45) is 0 Å². The zero-order valence-electron chi connectivity index (χ0n) is 13.4. The second-order valence-corrected chi connectivity index (χ2v) is 5.15. The van der Waals surface area contributed by atoms with Crippen LogP contribution in [-0.2, 0) is 9.59 Å². The molecular weight excluding hydrogens is 294 g/mol. The number of ether oxygens (including phenoxy) is 1. The van der Waals surface area contributed by atoms with E-state index in [1.165, 1.54) is 5.56 Å². The Labute approximate surface area is 136 Å². The molecule has 1 aromatic carbocycles. The van der Waals surface area contributed by atoms with Gasteiger partial charge in [0.1, 0.15) is 12.2 Å². The van der Waals surface area contributed by atoms with Crippen molar-refractivity contribution in [2.75, 3.05) is 19.7 Å². The summed E-state index contributed by atoms with van der Waals surface area (Å²) in [5, 5.41) is 13.7. The van der Waals surface area contributed by atoms with Crippen molar-refractivity contribution in [3.63, 3.8) is 0 Å². The summed E-state index contributed by atoms with van der Waals surface area (Å²) >= 11 is 0. The summed E-state index contributed by atoms with van der Waals surface area (Å²) in [6, 6.07) is 9.57. The Kier molecular flexibility index (Phi) is 8.91. The molecule has 0 atom stereocenters. The molecule has 0 aliphatic rings. The minimum Gasteiger partial charge on any atom is -0.494 e. The van der Waals surface area contributed by atoms with Crippen LogP contribution in [0, 0.1) is 18.3 Å². The molecule has 2 amide bonds. The van der Waals surface area contributed by atoms with Crippen LogP contribution < -0.4 is 15.4 Å². The normalized spacial score (nSPS) is 9.74. The number of benzene rings is 1. The number of carbonyl (C=O) groups is 2. The van der Waals surface area contributed by atoms with Gasteiger partial charge >= 0.3 is 0 Å². The molecule has 124 valence electrons. The number of carbonyl (C=O) groups excluding carboxylic acids is 2. The zero-order chi connectivity index (χ0) is 16.9. The SMILES string of the molecule is Cc1ccc(OCCCC(=O)NCCCNC(=O)CC#N)cc1. The Morgan fingerprint density at radius 1 is 1.09 bits per heavy atom. The maximum Gasteiger partial charge on any atom is 0.234 e. The van der Waals surface area contributed by atoms with Crippen molar-refractivity contribution in [3.05, 3.63) is 29.8 Å². The average molecular weight is 317 g/mol. The zero-order valence-corrected chi connectivity index (χ0v) is 13.4. The van der Waals surface area contributed by atoms with Gasteiger partial charge in [0, 0.05) is 19.5 Å². The van der Waals surface area contributed by atoms with E-state index in [2.05, 4.69) is 10.6 Å². The van der Waals surface area contributed by atoms with Crippen molar-refractivity contribution in [1.82, 2.24) is 10.6 Å². The van der Waals surface area contributed by atoms with Gasteiger partial charge in [0.05, 0.1) is 12.7 Å². The largest absolute Gasteiger partial charge is 0.494 e. The first-order chi connectivity index (χ1) is 11.1. The standard InChI is InChI=1S/C17H23N3O3/c1-14-5-7-15(8-6-14)23-13-2-4-16(21)19-11-3-12-20-17(22)9-10-18/h5-8H,2-4,9,11-13H2,1H3,(H,19,21)(H,20,22). The first kappa shape index (κ1) is 18.5. The maximum atomic E-state index is 11.6. The lowest BCUT2D eigenvalue weighted by Gasteiger charge is -2.07. The minimum absolute atomic E-state index is 0.0270. The summed E-state index contributed by atoms with van der Waals surface area (Å²) in [7, 11) is 0. The van der Waals surface area contributed by atoms with Crippen LogP contribution in [0.3, 0.4) is 0 Å². The molecule has 2 N–H and O–H groups in total. The summed E-state index contributed by atoms with van der Waals surface area (Å²) in [6.07, 6.45) is 1.57. The predicted octanol–water partition coefficient (Wildman–Crippen LogP) is 1.69. The molecule has 0 aliphatic carbocycles. The van der Waals surface area contributed by atoms with E-state index < -0.39 is 0 Å². The highest BCUT2D eigenvalue weighted by Crippen LogP contribution is 2.11. The van der Waals surface area contributed by atoms with Gasteiger partial charge in [0.2, 0.25) is 11.8 Å². The van der Waals surface area contributed by atoms with E-state index in [0.717, 1.165) is 5.75 Å². The molecule has 0 radical (unpaired) electrons. The highest BCUT2D eigenvalue weighted by Gasteiger charge is 2.02. The summed E-state index contributed by atoms with van der Waals surface area (Å²) in [5.74, 6) is 0.497. The van der Waals surface area contributed by atoms with Crippen LogP contribution in [0.25, 0.3) is 0 Å². The van der Waals surface area contributed by atoms with Gasteiger partial charge in [-0.3, -0.25) is 9.59 Å². The quantitative estimate of drug-likeness (QED) is 0.642. The molecule has 0 unspecified atom stereocenters. The fourth-order valence-corrected chi connectivity index (χ4v) is 1.82. The van der Waals surface area contributed by atoms with Gasteiger partial charge in [-0.15, -0.1) is 0 Å². The number of aryl methyl sites for hydroxylation is 1. The van der Waals surface area contributed by atoms with E-state index >= 15 is 0 Å². The van der Waals surface area contributed by atoms with Crippen molar-refractivity contribution < 1.29 is 14.3 Å². The number of nitrogens with one attached hydrogen (secondary N) is 2. The highest BCUT2D eigenvalue weighted by atomic mass is 16.5. The van der Waals surface area contributed by atoms with Crippen LogP contribution in [0.5, 0.6) is 5.75 Å². The monoisotopic (exact) mass is 317 g/mol. The molecule has 23 heavy (non-hydrogen) atoms. The molecule has 1 aromatic rings. The second-order valence-electron chi connectivity index (χ2n) is 5.15. The number of hydrogen-bond donors (Lipinski definition) is 2. The summed E-state index contributed by atoms with van der Waals surface area (Å²) < 4.78 is 5.55. The van der Waals surface area contributed by atoms with Crippen LogP contribution in [-0.4, -0.2) is 31.5 Å². The van der Waals surface area contributed by atoms with Gasteiger partial charge in [-0.05, 0) is 31.9 Å². The van der Waals surface area contributed by atoms with E-state index in [-0.39, 0.29) is 18.2 Å². The van der Waals surface area contributed by atoms with E-state index in [1.54, 1.807) is 6.07 Å². The average Bonchev–Trinajstić information content (AvgIpc) is 2.53. The van der Waals surface area contributed by atoms with E-state index in [9.17, 15) is 9.59 Å². The van der Waals surface area contributed by atoms with Crippen molar-refractivity contribution in [1.29, 1.82) is 5.26 Å². The van der Waals surface area contributed by atoms with Crippen molar-refractivity contribution in [3.8, 4) is 11.8 Å². The lowest BCUT2D eigenvalue weighted by molar-refractivity contribution is -0.121. The third-order valence-electron chi connectivity index (χ3n) is 3.08. The van der Waals surface area contributed by atoms with Crippen LogP contribution in [0.2, 0.25) is 0 Å². The number of amides is 2. The molecule has 0 bridgehead atoms. The molecule has 6 nitrogen and oxygen atoms in total. The smallest absolute Gasteiger partial charge is 0.234 e. The second kappa shape index (κ2) is 11.1. The van der Waals surface area contributed by atoms with Crippen LogP contribution in [0.4, 0.5) is 0 Å². The van der Waals surface area contributed by atoms with Gasteiger partial charge in [0.15, 0.2) is 0 Å². The molecule has 0 saturated carbocycles. The number of hydrogen-bond acceptors (Lipinski definition) is 4. The third-order valence-corrected chi connectivity index (χ3v) is 3.08. The molecule has 0 aliphatic heterocycles. The van der Waals surface area contributed by atoms with E-state index in [0.29, 0.717) is 39.0 Å². The Bertz CT molecular complexity index is 535. The first-order valence-electron chi connectivity index (χ1n) is 7.71. The molecule has 6 heteroatoms. The third kappa shape index (κ3) is 9.14. The minimum atomic E-state index is -0.285. The summed E-state index contributed by atoms with van der Waals surface area (Å²) in [5.41, 5.74) is 1.18. The van der Waals surface area contributed by atoms with Crippen molar-refractivity contribution in [2.45, 2.75) is 32.6 Å². The fourth-order valence-electron chi connectivity index (χ4n) is 1.82. The molecule has 0 heterocycles. The topological polar surface area (TPSA) is 91.2 Å². The Morgan fingerprint density at radius 3 is 2.39 bits per heavy atom. The Morgan fingerprint density at radius 2 is 1.74 bits per heavy atom. The molecular formula is C17H23N3O3. The Balaban J connectivity index is 1.99. The fraction of sp³-hybridized carbons (Fsp3) is 0.471. The Hall–Kier alpha value is -2.55. The van der Waals surface area contributed by atoms with Gasteiger partial charge in [-0.2, -0.15) is 5.26 Å². The van der Waals surface area contributed by atoms with Gasteiger partial charge < -0.3 is 15.4 Å². The van der Waals surface area contributed by atoms with Crippen molar-refractivity contribution >= 4 is 11.8 Å². The molecule has 0 spiro atoms. The van der Waals surface area contributed by atoms with Crippen LogP contribution in [0.15, 0.2) is 24.3 Å². The molecule has 0 saturated heterocycles. The van der Waals surface area contributed by atoms with Crippen LogP contribution >= 0.6 is 0 Å². The first-order valence-corrected chi connectivity index (χ1v) is 7.71. The number of rotatable bonds is 10. The van der Waals surface area contributed by atoms with E-state index in [4.69, 9.17) is 10.00 Å². The lowest BCUT2D eigenvalue weighted by Crippen LogP contribution is -2.29.